The Morgan fingerprint density at radius 2 is 2.00 bits per heavy atom. The van der Waals surface area contributed by atoms with Gasteiger partial charge in [-0.05, 0) is 66.1 Å². The van der Waals surface area contributed by atoms with E-state index < -0.39 is 5.41 Å². The molecule has 1 saturated carbocycles. The lowest BCUT2D eigenvalue weighted by molar-refractivity contribution is -0.118. The summed E-state index contributed by atoms with van der Waals surface area (Å²) in [6.07, 6.45) is 2.56. The fourth-order valence-electron chi connectivity index (χ4n) is 5.48. The number of aromatic nitrogens is 3. The number of methoxy groups -OCH3 is 2. The van der Waals surface area contributed by atoms with E-state index in [0.717, 1.165) is 56.1 Å². The van der Waals surface area contributed by atoms with Gasteiger partial charge in [0.15, 0.2) is 5.82 Å². The smallest absolute Gasteiger partial charge is 0.235 e. The largest absolute Gasteiger partial charge is 0.497 e. The number of hydrogen-bond donors (Lipinski definition) is 3. The Hall–Kier alpha value is -4.37. The monoisotopic (exact) mass is 509 g/mol. The van der Waals surface area contributed by atoms with Crippen LogP contribution < -0.4 is 20.1 Å². The van der Waals surface area contributed by atoms with Crippen LogP contribution in [0.3, 0.4) is 0 Å². The van der Waals surface area contributed by atoms with Gasteiger partial charge in [-0.25, -0.2) is 4.98 Å². The molecule has 7 rings (SSSR count). The van der Waals surface area contributed by atoms with Crippen LogP contribution in [0.5, 0.6) is 11.5 Å². The molecule has 3 heterocycles. The molecule has 5 aromatic rings. The van der Waals surface area contributed by atoms with Crippen molar-refractivity contribution in [1.29, 1.82) is 0 Å². The van der Waals surface area contributed by atoms with Crippen LogP contribution in [0.25, 0.3) is 21.5 Å². The Bertz CT molecular complexity index is 1680. The third-order valence-electron chi connectivity index (χ3n) is 7.44. The van der Waals surface area contributed by atoms with Crippen molar-refractivity contribution < 1.29 is 14.3 Å². The maximum Gasteiger partial charge on any atom is 0.235 e. The topological polar surface area (TPSA) is 101 Å². The zero-order valence-corrected chi connectivity index (χ0v) is 21.0. The first-order chi connectivity index (χ1) is 18.1. The number of benzene rings is 3. The van der Waals surface area contributed by atoms with Crippen LogP contribution in [-0.4, -0.2) is 35.3 Å². The highest BCUT2D eigenvalue weighted by Gasteiger charge is 2.65. The number of nitrogens with one attached hydrogen (secondary N) is 3. The molecule has 1 aliphatic carbocycles. The number of anilines is 3. The molecule has 8 nitrogen and oxygen atoms in total. The van der Waals surface area contributed by atoms with Gasteiger partial charge in [-0.15, -0.1) is 11.3 Å². The second-order valence-corrected chi connectivity index (χ2v) is 10.2. The van der Waals surface area contributed by atoms with Crippen LogP contribution in [0.2, 0.25) is 0 Å². The Labute approximate surface area is 216 Å². The number of H-pyrrole nitrogens is 1. The van der Waals surface area contributed by atoms with Crippen molar-refractivity contribution in [2.75, 3.05) is 24.9 Å². The third kappa shape index (κ3) is 3.31. The van der Waals surface area contributed by atoms with Gasteiger partial charge in [0.25, 0.3) is 0 Å². The minimum Gasteiger partial charge on any atom is -0.497 e. The van der Waals surface area contributed by atoms with Crippen molar-refractivity contribution in [3.8, 4) is 22.1 Å². The highest BCUT2D eigenvalue weighted by atomic mass is 32.1. The summed E-state index contributed by atoms with van der Waals surface area (Å²) in [6.45, 7) is 0. The van der Waals surface area contributed by atoms with E-state index in [4.69, 9.17) is 9.47 Å². The summed E-state index contributed by atoms with van der Waals surface area (Å²) in [6, 6.07) is 18.0. The van der Waals surface area contributed by atoms with Crippen molar-refractivity contribution in [3.63, 3.8) is 0 Å². The molecule has 184 valence electrons. The fraction of sp³-hybridized carbons (Fsp3) is 0.179. The van der Waals surface area contributed by atoms with Crippen LogP contribution in [0.4, 0.5) is 17.2 Å². The first-order valence-electron chi connectivity index (χ1n) is 11.9. The van der Waals surface area contributed by atoms with Gasteiger partial charge in [0.05, 0.1) is 30.8 Å². The minimum absolute atomic E-state index is 0.0556. The molecule has 37 heavy (non-hydrogen) atoms. The Kier molecular flexibility index (Phi) is 4.77. The Morgan fingerprint density at radius 3 is 2.81 bits per heavy atom. The molecule has 0 saturated heterocycles. The summed E-state index contributed by atoms with van der Waals surface area (Å²) in [5.74, 6) is 2.33. The average molecular weight is 510 g/mol. The van der Waals surface area contributed by atoms with Gasteiger partial charge in [-0.1, -0.05) is 6.07 Å². The van der Waals surface area contributed by atoms with Gasteiger partial charge in [-0.3, -0.25) is 9.89 Å². The lowest BCUT2D eigenvalue weighted by Gasteiger charge is -2.12. The molecule has 1 fully saturated rings. The zero-order valence-electron chi connectivity index (χ0n) is 20.2. The molecule has 1 aliphatic heterocycles. The molecule has 9 heteroatoms. The average Bonchev–Trinajstić information content (AvgIpc) is 3.20. The number of amides is 1. The third-order valence-corrected chi connectivity index (χ3v) is 8.26. The summed E-state index contributed by atoms with van der Waals surface area (Å²) in [5.41, 5.74) is 5.17. The molecule has 0 bridgehead atoms. The Balaban J connectivity index is 1.20. The van der Waals surface area contributed by atoms with E-state index in [9.17, 15) is 4.79 Å². The lowest BCUT2D eigenvalue weighted by Crippen LogP contribution is -2.21. The van der Waals surface area contributed by atoms with E-state index in [-0.39, 0.29) is 11.8 Å². The molecular weight excluding hydrogens is 486 g/mol. The van der Waals surface area contributed by atoms with Gasteiger partial charge < -0.3 is 20.1 Å². The predicted octanol–water partition coefficient (Wildman–Crippen LogP) is 5.82. The van der Waals surface area contributed by atoms with Crippen LogP contribution >= 0.6 is 11.3 Å². The zero-order chi connectivity index (χ0) is 25.1. The number of carbonyl (C=O) groups is 1. The van der Waals surface area contributed by atoms with Crippen molar-refractivity contribution in [2.45, 2.75) is 17.8 Å². The number of rotatable bonds is 6. The molecule has 2 aromatic heterocycles. The van der Waals surface area contributed by atoms with Gasteiger partial charge in [-0.2, -0.15) is 5.10 Å². The van der Waals surface area contributed by atoms with Crippen LogP contribution in [0.1, 0.15) is 23.5 Å². The lowest BCUT2D eigenvalue weighted by atomic mass is 9.91. The molecule has 2 aliphatic rings. The number of carbonyl (C=O) groups excluding carboxylic acids is 1. The van der Waals surface area contributed by atoms with E-state index in [2.05, 4.69) is 44.0 Å². The molecule has 0 radical (unpaired) electrons. The van der Waals surface area contributed by atoms with E-state index in [1.165, 1.54) is 0 Å². The number of ether oxygens (including phenoxy) is 2. The van der Waals surface area contributed by atoms with Gasteiger partial charge in [0.2, 0.25) is 5.91 Å². The first-order valence-corrected chi connectivity index (χ1v) is 12.8. The molecule has 2 atom stereocenters. The molecule has 1 amide bonds. The summed E-state index contributed by atoms with van der Waals surface area (Å²) in [7, 11) is 3.29. The number of nitrogens with zero attached hydrogens (tertiary/aromatic N) is 2. The van der Waals surface area contributed by atoms with E-state index in [1.54, 1.807) is 31.8 Å². The van der Waals surface area contributed by atoms with E-state index in [0.29, 0.717) is 11.6 Å². The maximum absolute atomic E-state index is 13.0. The number of hydrogen-bond acceptors (Lipinski definition) is 7. The van der Waals surface area contributed by atoms with Crippen LogP contribution in [0.15, 0.2) is 66.2 Å². The second kappa shape index (κ2) is 8.07. The molecule has 1 spiro atoms. The van der Waals surface area contributed by atoms with Gasteiger partial charge >= 0.3 is 0 Å². The normalized spacial score (nSPS) is 19.6. The second-order valence-electron chi connectivity index (χ2n) is 9.35. The highest BCUT2D eigenvalue weighted by molar-refractivity contribution is 7.13. The molecule has 0 unspecified atom stereocenters. The minimum atomic E-state index is -0.539. The van der Waals surface area contributed by atoms with Crippen molar-refractivity contribution >= 4 is 45.3 Å². The van der Waals surface area contributed by atoms with Crippen LogP contribution in [0, 0.1) is 0 Å². The number of thiazole rings is 1. The molecule has 3 N–H and O–H groups in total. The summed E-state index contributed by atoms with van der Waals surface area (Å²) >= 11 is 1.59. The van der Waals surface area contributed by atoms with E-state index in [1.807, 2.05) is 41.8 Å². The number of fused-ring (bicyclic) bond motifs is 3. The molecular formula is C28H23N5O3S. The standard InChI is InChI=1S/C28H23N5O3S/c1-35-17-5-7-21-19(13-17)28(27(34)31-21)14-20(28)15-3-6-18-22(11-15)32-33-25(18)30-23-12-16(4-8-24(23)36-2)26-29-9-10-37-26/h3-13,20H,14H2,1-2H3,(H,31,34)(H2,30,32,33)/t20-,28-/m0/s1. The van der Waals surface area contributed by atoms with Crippen molar-refractivity contribution in [3.05, 3.63) is 77.3 Å². The highest BCUT2D eigenvalue weighted by Crippen LogP contribution is 2.65. The fourth-order valence-corrected chi connectivity index (χ4v) is 6.12. The Morgan fingerprint density at radius 1 is 1.08 bits per heavy atom. The van der Waals surface area contributed by atoms with Gasteiger partial charge in [0, 0.05) is 34.1 Å². The SMILES string of the molecule is COc1ccc2c(c1)[C@]1(C[C@H]1c1ccc3c(Nc4cc(-c5nccs5)ccc4OC)n[nH]c3c1)C(=O)N2. The maximum atomic E-state index is 13.0. The van der Waals surface area contributed by atoms with E-state index >= 15 is 0 Å². The van der Waals surface area contributed by atoms with Crippen molar-refractivity contribution in [2.24, 2.45) is 0 Å². The summed E-state index contributed by atoms with van der Waals surface area (Å²) in [4.78, 5) is 17.5. The summed E-state index contributed by atoms with van der Waals surface area (Å²) < 4.78 is 11.0. The molecule has 3 aromatic carbocycles. The van der Waals surface area contributed by atoms with Crippen molar-refractivity contribution in [1.82, 2.24) is 15.2 Å². The number of aromatic amines is 1. The first kappa shape index (κ1) is 21.9. The quantitative estimate of drug-likeness (QED) is 0.266. The van der Waals surface area contributed by atoms with Crippen LogP contribution in [-0.2, 0) is 10.2 Å². The van der Waals surface area contributed by atoms with Gasteiger partial charge in [0.1, 0.15) is 16.5 Å². The summed E-state index contributed by atoms with van der Waals surface area (Å²) in [5, 5.41) is 18.0. The predicted molar refractivity (Wildman–Crippen MR) is 144 cm³/mol.